The van der Waals surface area contributed by atoms with E-state index >= 15 is 0 Å². The minimum Gasteiger partial charge on any atom is -0.352 e. The highest BCUT2D eigenvalue weighted by atomic mass is 32.2. The van der Waals surface area contributed by atoms with E-state index in [1.54, 1.807) is 30.0 Å². The second-order valence-electron chi connectivity index (χ2n) is 6.34. The van der Waals surface area contributed by atoms with Crippen LogP contribution in [0.3, 0.4) is 0 Å². The Bertz CT molecular complexity index is 750. The first-order chi connectivity index (χ1) is 11.3. The molecule has 2 aliphatic heterocycles. The number of hydrogen-bond donors (Lipinski definition) is 1. The van der Waals surface area contributed by atoms with Crippen LogP contribution < -0.4 is 5.32 Å². The summed E-state index contributed by atoms with van der Waals surface area (Å²) in [6, 6.07) is 7.08. The molecular formula is C16H21N3O4S. The number of nitrogens with one attached hydrogen (secondary N) is 1. The number of hydrogen-bond acceptors (Lipinski definition) is 4. The average Bonchev–Trinajstić information content (AvgIpc) is 2.93. The van der Waals surface area contributed by atoms with Crippen molar-refractivity contribution in [2.45, 2.75) is 43.3 Å². The standard InChI is InChI=1S/C16H21N3O4S/c1-11-16(21)18-9-13(17-12(2)20)8-14(18)10-19(11)24(22,23)15-6-4-3-5-7-15/h3-7,11,13-14H,8-10H2,1-2H3,(H,17,20)/t11-,13-,14-/m0/s1. The van der Waals surface area contributed by atoms with Gasteiger partial charge in [-0.2, -0.15) is 4.31 Å². The summed E-state index contributed by atoms with van der Waals surface area (Å²) in [4.78, 5) is 25.8. The topological polar surface area (TPSA) is 86.8 Å². The molecule has 2 amide bonds. The molecule has 1 N–H and O–H groups in total. The van der Waals surface area contributed by atoms with Crippen LogP contribution in [0.15, 0.2) is 35.2 Å². The lowest BCUT2D eigenvalue weighted by Crippen LogP contribution is -2.60. The van der Waals surface area contributed by atoms with Crippen LogP contribution in [0.4, 0.5) is 0 Å². The first-order valence-electron chi connectivity index (χ1n) is 7.95. The summed E-state index contributed by atoms with van der Waals surface area (Å²) < 4.78 is 27.0. The molecule has 0 unspecified atom stereocenters. The molecule has 0 aromatic heterocycles. The summed E-state index contributed by atoms with van der Waals surface area (Å²) in [5.41, 5.74) is 0. The predicted molar refractivity (Wildman–Crippen MR) is 87.5 cm³/mol. The minimum atomic E-state index is -3.72. The highest BCUT2D eigenvalue weighted by Crippen LogP contribution is 2.30. The molecule has 7 nitrogen and oxygen atoms in total. The minimum absolute atomic E-state index is 0.122. The number of amides is 2. The molecule has 0 bridgehead atoms. The van der Waals surface area contributed by atoms with Gasteiger partial charge in [0.25, 0.3) is 0 Å². The average molecular weight is 351 g/mol. The van der Waals surface area contributed by atoms with Crippen molar-refractivity contribution in [2.24, 2.45) is 0 Å². The molecule has 130 valence electrons. The third-order valence-corrected chi connectivity index (χ3v) is 6.59. The van der Waals surface area contributed by atoms with E-state index in [0.717, 1.165) is 0 Å². The van der Waals surface area contributed by atoms with Crippen molar-refractivity contribution in [3.05, 3.63) is 30.3 Å². The summed E-state index contributed by atoms with van der Waals surface area (Å²) in [5.74, 6) is -0.354. The van der Waals surface area contributed by atoms with Gasteiger partial charge in [-0.3, -0.25) is 9.59 Å². The quantitative estimate of drug-likeness (QED) is 0.842. The van der Waals surface area contributed by atoms with E-state index in [0.29, 0.717) is 13.0 Å². The third kappa shape index (κ3) is 2.91. The van der Waals surface area contributed by atoms with Crippen LogP contribution in [-0.4, -0.2) is 60.7 Å². The molecular weight excluding hydrogens is 330 g/mol. The number of carbonyl (C=O) groups is 2. The number of fused-ring (bicyclic) bond motifs is 1. The summed E-state index contributed by atoms with van der Waals surface area (Å²) in [7, 11) is -3.72. The largest absolute Gasteiger partial charge is 0.352 e. The van der Waals surface area contributed by atoms with Crippen LogP contribution in [0.2, 0.25) is 0 Å². The predicted octanol–water partition coefficient (Wildman–Crippen LogP) is 0.185. The fourth-order valence-electron chi connectivity index (χ4n) is 3.51. The van der Waals surface area contributed by atoms with E-state index in [-0.39, 0.29) is 35.3 Å². The summed E-state index contributed by atoms with van der Waals surface area (Å²) in [5, 5.41) is 2.82. The van der Waals surface area contributed by atoms with E-state index in [1.165, 1.54) is 23.4 Å². The first-order valence-corrected chi connectivity index (χ1v) is 9.39. The first kappa shape index (κ1) is 16.9. The molecule has 0 radical (unpaired) electrons. The van der Waals surface area contributed by atoms with Crippen molar-refractivity contribution in [1.82, 2.24) is 14.5 Å². The van der Waals surface area contributed by atoms with Crippen molar-refractivity contribution < 1.29 is 18.0 Å². The van der Waals surface area contributed by atoms with Crippen molar-refractivity contribution in [1.29, 1.82) is 0 Å². The maximum Gasteiger partial charge on any atom is 0.243 e. The van der Waals surface area contributed by atoms with Crippen LogP contribution in [0.1, 0.15) is 20.3 Å². The van der Waals surface area contributed by atoms with Gasteiger partial charge in [-0.1, -0.05) is 18.2 Å². The zero-order chi connectivity index (χ0) is 17.5. The molecule has 2 heterocycles. The number of piperazine rings is 1. The normalized spacial score (nSPS) is 27.8. The molecule has 3 atom stereocenters. The molecule has 2 fully saturated rings. The summed E-state index contributed by atoms with van der Waals surface area (Å²) in [6.45, 7) is 3.74. The Morgan fingerprint density at radius 1 is 1.21 bits per heavy atom. The van der Waals surface area contributed by atoms with Gasteiger partial charge in [-0.15, -0.1) is 0 Å². The van der Waals surface area contributed by atoms with Crippen LogP contribution in [0, 0.1) is 0 Å². The third-order valence-electron chi connectivity index (χ3n) is 4.63. The Morgan fingerprint density at radius 3 is 2.50 bits per heavy atom. The Balaban J connectivity index is 1.85. The zero-order valence-corrected chi connectivity index (χ0v) is 14.5. The number of sulfonamides is 1. The fourth-order valence-corrected chi connectivity index (χ4v) is 5.16. The van der Waals surface area contributed by atoms with E-state index in [9.17, 15) is 18.0 Å². The van der Waals surface area contributed by atoms with Crippen molar-refractivity contribution >= 4 is 21.8 Å². The highest BCUT2D eigenvalue weighted by molar-refractivity contribution is 7.89. The fraction of sp³-hybridized carbons (Fsp3) is 0.500. The number of carbonyl (C=O) groups excluding carboxylic acids is 2. The van der Waals surface area contributed by atoms with E-state index in [2.05, 4.69) is 5.32 Å². The second-order valence-corrected chi connectivity index (χ2v) is 8.23. The van der Waals surface area contributed by atoms with Gasteiger partial charge in [0.05, 0.1) is 4.90 Å². The van der Waals surface area contributed by atoms with Gasteiger partial charge in [0.2, 0.25) is 21.8 Å². The van der Waals surface area contributed by atoms with Gasteiger partial charge in [0, 0.05) is 32.1 Å². The molecule has 1 aromatic rings. The summed E-state index contributed by atoms with van der Waals surface area (Å²) in [6.07, 6.45) is 0.568. The molecule has 2 saturated heterocycles. The van der Waals surface area contributed by atoms with Gasteiger partial charge in [-0.05, 0) is 25.5 Å². The molecule has 24 heavy (non-hydrogen) atoms. The molecule has 2 aliphatic rings. The van der Waals surface area contributed by atoms with Crippen LogP contribution in [-0.2, 0) is 19.6 Å². The van der Waals surface area contributed by atoms with Crippen molar-refractivity contribution in [3.63, 3.8) is 0 Å². The van der Waals surface area contributed by atoms with Crippen LogP contribution in [0.25, 0.3) is 0 Å². The number of nitrogens with zero attached hydrogens (tertiary/aromatic N) is 2. The Hall–Kier alpha value is -1.93. The molecule has 0 aliphatic carbocycles. The van der Waals surface area contributed by atoms with Gasteiger partial charge >= 0.3 is 0 Å². The lowest BCUT2D eigenvalue weighted by atomic mass is 10.1. The van der Waals surface area contributed by atoms with Crippen molar-refractivity contribution in [2.75, 3.05) is 13.1 Å². The SMILES string of the molecule is CC(=O)N[C@H]1C[C@H]2CN(S(=O)(=O)c3ccccc3)[C@@H](C)C(=O)N2C1. The summed E-state index contributed by atoms with van der Waals surface area (Å²) >= 11 is 0. The zero-order valence-electron chi connectivity index (χ0n) is 13.7. The highest BCUT2D eigenvalue weighted by Gasteiger charge is 2.47. The van der Waals surface area contributed by atoms with Gasteiger partial charge in [0.15, 0.2) is 0 Å². The van der Waals surface area contributed by atoms with E-state index in [4.69, 9.17) is 0 Å². The number of benzene rings is 1. The van der Waals surface area contributed by atoms with Gasteiger partial charge in [0.1, 0.15) is 6.04 Å². The maximum absolute atomic E-state index is 12.9. The van der Waals surface area contributed by atoms with Crippen LogP contribution in [0.5, 0.6) is 0 Å². The maximum atomic E-state index is 12.9. The van der Waals surface area contributed by atoms with Gasteiger partial charge < -0.3 is 10.2 Å². The Kier molecular flexibility index (Phi) is 4.35. The molecule has 8 heteroatoms. The van der Waals surface area contributed by atoms with Crippen LogP contribution >= 0.6 is 0 Å². The van der Waals surface area contributed by atoms with Gasteiger partial charge in [-0.25, -0.2) is 8.42 Å². The van der Waals surface area contributed by atoms with Crippen molar-refractivity contribution in [3.8, 4) is 0 Å². The lowest BCUT2D eigenvalue weighted by Gasteiger charge is -2.40. The molecule has 0 saturated carbocycles. The number of rotatable bonds is 3. The molecule has 1 aromatic carbocycles. The Labute approximate surface area is 141 Å². The monoisotopic (exact) mass is 351 g/mol. The molecule has 0 spiro atoms. The van der Waals surface area contributed by atoms with E-state index < -0.39 is 16.1 Å². The molecule has 3 rings (SSSR count). The Morgan fingerprint density at radius 2 is 1.88 bits per heavy atom. The second kappa shape index (κ2) is 6.18. The van der Waals surface area contributed by atoms with E-state index in [1.807, 2.05) is 0 Å². The smallest absolute Gasteiger partial charge is 0.243 e. The lowest BCUT2D eigenvalue weighted by molar-refractivity contribution is -0.139.